The third kappa shape index (κ3) is 4.52. The van der Waals surface area contributed by atoms with E-state index in [2.05, 4.69) is 38.9 Å². The Morgan fingerprint density at radius 3 is 2.57 bits per heavy atom. The van der Waals surface area contributed by atoms with E-state index in [1.54, 1.807) is 18.2 Å². The van der Waals surface area contributed by atoms with Gasteiger partial charge in [0.1, 0.15) is 5.52 Å². The number of carbonyl (C=O) groups excluding carboxylic acids is 1. The summed E-state index contributed by atoms with van der Waals surface area (Å²) in [5.74, 6) is -0.549. The molecule has 0 atom stereocenters. The average molecular weight is 485 g/mol. The van der Waals surface area contributed by atoms with Gasteiger partial charge in [0.25, 0.3) is 5.91 Å². The minimum Gasteiger partial charge on any atom is -0.403 e. The quantitative estimate of drug-likeness (QED) is 0.554. The zero-order valence-corrected chi connectivity index (χ0v) is 19.8. The number of hydrogen-bond donors (Lipinski definition) is 1. The molecular weight excluding hydrogens is 457 g/mol. The number of nitrogens with zero attached hydrogens (tertiary/aromatic N) is 3. The van der Waals surface area contributed by atoms with Crippen molar-refractivity contribution in [2.75, 3.05) is 32.1 Å². The highest BCUT2D eigenvalue weighted by molar-refractivity contribution is 5.98. The molecule has 0 spiro atoms. The minimum atomic E-state index is -4.82. The number of amides is 1. The van der Waals surface area contributed by atoms with E-state index in [4.69, 9.17) is 0 Å². The van der Waals surface area contributed by atoms with Gasteiger partial charge in [0, 0.05) is 42.0 Å². The van der Waals surface area contributed by atoms with E-state index in [1.807, 2.05) is 25.1 Å². The molecule has 0 unspecified atom stereocenters. The second-order valence-electron chi connectivity index (χ2n) is 9.62. The van der Waals surface area contributed by atoms with Crippen LogP contribution in [0.15, 0.2) is 48.7 Å². The lowest BCUT2D eigenvalue weighted by Gasteiger charge is -2.44. The topological polar surface area (TPSA) is 57.7 Å². The van der Waals surface area contributed by atoms with E-state index in [9.17, 15) is 18.0 Å². The second kappa shape index (κ2) is 8.41. The van der Waals surface area contributed by atoms with Crippen LogP contribution in [-0.4, -0.2) is 55.4 Å². The predicted octanol–water partition coefficient (Wildman–Crippen LogP) is 4.61. The lowest BCUT2D eigenvalue weighted by Crippen LogP contribution is -2.57. The maximum absolute atomic E-state index is 13.4. The SMILES string of the molecule is Cc1ccc(N2CC(N(C)C)C2)cc1C(=O)NC1(c2ccc(OC(F)(F)F)c3ncccc23)CC1. The summed E-state index contributed by atoms with van der Waals surface area (Å²) in [6.07, 6.45) is -2.00. The van der Waals surface area contributed by atoms with Crippen LogP contribution in [0.2, 0.25) is 0 Å². The standard InChI is InChI=1S/C26H27F3N4O2/c1-16-6-7-17(33-14-18(15-33)32(2)3)13-20(16)24(34)31-25(10-11-25)21-8-9-22(35-26(27,28)29)23-19(21)5-4-12-30-23/h4-9,12-13,18H,10-11,14-15H2,1-3H3,(H,31,34). The zero-order valence-electron chi connectivity index (χ0n) is 19.8. The molecule has 6 nitrogen and oxygen atoms in total. The van der Waals surface area contributed by atoms with Gasteiger partial charge in [-0.05, 0) is 69.3 Å². The van der Waals surface area contributed by atoms with E-state index in [0.717, 1.165) is 29.9 Å². The first-order chi connectivity index (χ1) is 16.6. The lowest BCUT2D eigenvalue weighted by atomic mass is 9.97. The van der Waals surface area contributed by atoms with Gasteiger partial charge in [-0.2, -0.15) is 0 Å². The number of alkyl halides is 3. The summed E-state index contributed by atoms with van der Waals surface area (Å²) < 4.78 is 42.8. The third-order valence-corrected chi connectivity index (χ3v) is 7.00. The molecule has 2 heterocycles. The predicted molar refractivity (Wildman–Crippen MR) is 128 cm³/mol. The lowest BCUT2D eigenvalue weighted by molar-refractivity contribution is -0.274. The maximum atomic E-state index is 13.4. The summed E-state index contributed by atoms with van der Waals surface area (Å²) in [5, 5.41) is 3.71. The van der Waals surface area contributed by atoms with Crippen LogP contribution in [-0.2, 0) is 5.54 Å². The number of nitrogens with one attached hydrogen (secondary N) is 1. The smallest absolute Gasteiger partial charge is 0.403 e. The summed E-state index contributed by atoms with van der Waals surface area (Å²) >= 11 is 0. The van der Waals surface area contributed by atoms with Gasteiger partial charge in [0.2, 0.25) is 0 Å². The normalized spacial score (nSPS) is 17.4. The van der Waals surface area contributed by atoms with Crippen molar-refractivity contribution in [3.63, 3.8) is 0 Å². The molecule has 2 aromatic carbocycles. The molecule has 35 heavy (non-hydrogen) atoms. The van der Waals surface area contributed by atoms with Crippen molar-refractivity contribution >= 4 is 22.5 Å². The molecule has 1 saturated heterocycles. The number of anilines is 1. The largest absolute Gasteiger partial charge is 0.573 e. The number of aromatic nitrogens is 1. The molecule has 3 aromatic rings. The van der Waals surface area contributed by atoms with Crippen molar-refractivity contribution in [1.82, 2.24) is 15.2 Å². The number of likely N-dealkylation sites (N-methyl/N-ethyl adjacent to an activating group) is 1. The molecule has 9 heteroatoms. The highest BCUT2D eigenvalue weighted by Gasteiger charge is 2.47. The molecule has 1 amide bonds. The van der Waals surface area contributed by atoms with Gasteiger partial charge in [-0.3, -0.25) is 9.78 Å². The van der Waals surface area contributed by atoms with Crippen molar-refractivity contribution in [2.24, 2.45) is 0 Å². The Balaban J connectivity index is 1.41. The Bertz CT molecular complexity index is 1280. The number of ether oxygens (including phenoxy) is 1. The monoisotopic (exact) mass is 484 g/mol. The molecule has 1 aromatic heterocycles. The third-order valence-electron chi connectivity index (χ3n) is 7.00. The van der Waals surface area contributed by atoms with Gasteiger partial charge in [0.15, 0.2) is 5.75 Å². The number of rotatable bonds is 6. The van der Waals surface area contributed by atoms with Crippen molar-refractivity contribution in [1.29, 1.82) is 0 Å². The molecule has 184 valence electrons. The molecule has 2 aliphatic rings. The van der Waals surface area contributed by atoms with Crippen LogP contribution in [0.3, 0.4) is 0 Å². The van der Waals surface area contributed by atoms with Gasteiger partial charge in [-0.15, -0.1) is 13.2 Å². The first-order valence-electron chi connectivity index (χ1n) is 11.5. The van der Waals surface area contributed by atoms with E-state index in [1.165, 1.54) is 12.3 Å². The molecule has 1 aliphatic carbocycles. The fraction of sp³-hybridized carbons (Fsp3) is 0.385. The van der Waals surface area contributed by atoms with Gasteiger partial charge in [-0.25, -0.2) is 0 Å². The van der Waals surface area contributed by atoms with Crippen LogP contribution < -0.4 is 15.0 Å². The van der Waals surface area contributed by atoms with E-state index in [0.29, 0.717) is 29.8 Å². The molecule has 0 bridgehead atoms. The summed E-state index contributed by atoms with van der Waals surface area (Å²) in [5.41, 5.74) is 2.69. The number of halogens is 3. The Labute approximate surface area is 201 Å². The molecule has 5 rings (SSSR count). The Hall–Kier alpha value is -3.33. The second-order valence-corrected chi connectivity index (χ2v) is 9.62. The van der Waals surface area contributed by atoms with E-state index >= 15 is 0 Å². The van der Waals surface area contributed by atoms with Crippen LogP contribution >= 0.6 is 0 Å². The fourth-order valence-corrected chi connectivity index (χ4v) is 4.69. The van der Waals surface area contributed by atoms with Crippen LogP contribution in [0, 0.1) is 6.92 Å². The van der Waals surface area contributed by atoms with Crippen molar-refractivity contribution < 1.29 is 22.7 Å². The first kappa shape index (κ1) is 23.4. The molecule has 0 radical (unpaired) electrons. The van der Waals surface area contributed by atoms with E-state index < -0.39 is 11.9 Å². The highest BCUT2D eigenvalue weighted by atomic mass is 19.4. The van der Waals surface area contributed by atoms with Gasteiger partial charge < -0.3 is 19.9 Å². The summed E-state index contributed by atoms with van der Waals surface area (Å²) in [7, 11) is 4.12. The molecule has 2 fully saturated rings. The van der Waals surface area contributed by atoms with Gasteiger partial charge in [-0.1, -0.05) is 18.2 Å². The summed E-state index contributed by atoms with van der Waals surface area (Å²) in [6, 6.07) is 12.7. The zero-order chi connectivity index (χ0) is 25.0. The molecule has 1 saturated carbocycles. The van der Waals surface area contributed by atoms with Gasteiger partial charge >= 0.3 is 6.36 Å². The average Bonchev–Trinajstić information content (AvgIpc) is 3.53. The number of aryl methyl sites for hydroxylation is 1. The molecular formula is C26H27F3N4O2. The van der Waals surface area contributed by atoms with Crippen molar-refractivity contribution in [3.8, 4) is 5.75 Å². The summed E-state index contributed by atoms with van der Waals surface area (Å²) in [6.45, 7) is 3.72. The Morgan fingerprint density at radius 1 is 1.17 bits per heavy atom. The van der Waals surface area contributed by atoms with E-state index in [-0.39, 0.29) is 17.2 Å². The Kier molecular flexibility index (Phi) is 5.62. The summed E-state index contributed by atoms with van der Waals surface area (Å²) in [4.78, 5) is 22.0. The highest BCUT2D eigenvalue weighted by Crippen LogP contribution is 2.49. The van der Waals surface area contributed by atoms with Crippen molar-refractivity contribution in [3.05, 3.63) is 65.4 Å². The van der Waals surface area contributed by atoms with Crippen LogP contribution in [0.25, 0.3) is 10.9 Å². The number of fused-ring (bicyclic) bond motifs is 1. The molecule has 1 aliphatic heterocycles. The van der Waals surface area contributed by atoms with Crippen LogP contribution in [0.1, 0.15) is 34.3 Å². The van der Waals surface area contributed by atoms with Crippen LogP contribution in [0.4, 0.5) is 18.9 Å². The number of pyridine rings is 1. The first-order valence-corrected chi connectivity index (χ1v) is 11.5. The Morgan fingerprint density at radius 2 is 1.91 bits per heavy atom. The van der Waals surface area contributed by atoms with Crippen molar-refractivity contribution in [2.45, 2.75) is 37.7 Å². The fourth-order valence-electron chi connectivity index (χ4n) is 4.69. The number of hydrogen-bond acceptors (Lipinski definition) is 5. The minimum absolute atomic E-state index is 0.120. The maximum Gasteiger partial charge on any atom is 0.573 e. The van der Waals surface area contributed by atoms with Crippen LogP contribution in [0.5, 0.6) is 5.75 Å². The number of benzene rings is 2. The van der Waals surface area contributed by atoms with Gasteiger partial charge in [0.05, 0.1) is 5.54 Å². The molecule has 1 N–H and O–H groups in total. The number of carbonyl (C=O) groups is 1.